The van der Waals surface area contributed by atoms with E-state index >= 15 is 0 Å². The number of benzene rings is 3. The van der Waals surface area contributed by atoms with E-state index in [4.69, 9.17) is 19.2 Å². The molecule has 0 saturated heterocycles. The van der Waals surface area contributed by atoms with Crippen LogP contribution in [-0.4, -0.2) is 48.7 Å². The van der Waals surface area contributed by atoms with Crippen molar-refractivity contribution in [2.45, 2.75) is 19.9 Å². The molecule has 3 aromatic carbocycles. The standard InChI is InChI=1S/C28H29N3O5/c1-17-11-12-25(36-6)24(13-17)31-26(29-23-10-8-7-9-22(23)28(31)33)18(2)30(3)27(32)19-14-20(34-4)16-21(15-19)35-5/h7-16,18H,1-6H3. The number of carbonyl (C=O) groups is 1. The third-order valence-corrected chi connectivity index (χ3v) is 6.25. The molecule has 0 spiro atoms. The zero-order valence-corrected chi connectivity index (χ0v) is 21.2. The summed E-state index contributed by atoms with van der Waals surface area (Å²) in [7, 11) is 6.30. The van der Waals surface area contributed by atoms with Crippen LogP contribution in [0.25, 0.3) is 16.6 Å². The van der Waals surface area contributed by atoms with Gasteiger partial charge in [-0.3, -0.25) is 14.2 Å². The molecule has 1 unspecified atom stereocenters. The highest BCUT2D eigenvalue weighted by atomic mass is 16.5. The number of amides is 1. The summed E-state index contributed by atoms with van der Waals surface area (Å²) in [6.45, 7) is 3.78. The van der Waals surface area contributed by atoms with Crippen molar-refractivity contribution in [2.24, 2.45) is 0 Å². The molecule has 0 bridgehead atoms. The number of carbonyl (C=O) groups excluding carboxylic acids is 1. The van der Waals surface area contributed by atoms with E-state index in [-0.39, 0.29) is 11.5 Å². The lowest BCUT2D eigenvalue weighted by atomic mass is 10.1. The topological polar surface area (TPSA) is 82.9 Å². The second-order valence-electron chi connectivity index (χ2n) is 8.50. The molecule has 186 valence electrons. The minimum atomic E-state index is -0.572. The molecule has 1 aromatic heterocycles. The van der Waals surface area contributed by atoms with Gasteiger partial charge in [0.2, 0.25) is 0 Å². The number of aryl methyl sites for hydroxylation is 1. The number of nitrogens with zero attached hydrogens (tertiary/aromatic N) is 3. The number of ether oxygens (including phenoxy) is 3. The van der Waals surface area contributed by atoms with Gasteiger partial charge in [0.1, 0.15) is 23.1 Å². The Kier molecular flexibility index (Phi) is 6.96. The SMILES string of the molecule is COc1cc(OC)cc(C(=O)N(C)C(C)c2nc3ccccc3c(=O)n2-c2cc(C)ccc2OC)c1. The quantitative estimate of drug-likeness (QED) is 0.380. The molecule has 36 heavy (non-hydrogen) atoms. The molecule has 0 aliphatic heterocycles. The fourth-order valence-electron chi connectivity index (χ4n) is 4.12. The predicted octanol–water partition coefficient (Wildman–Crippen LogP) is 4.55. The van der Waals surface area contributed by atoms with Crippen molar-refractivity contribution in [1.82, 2.24) is 14.5 Å². The van der Waals surface area contributed by atoms with Gasteiger partial charge in [-0.1, -0.05) is 18.2 Å². The minimum absolute atomic E-state index is 0.241. The summed E-state index contributed by atoms with van der Waals surface area (Å²) in [6.07, 6.45) is 0. The first kappa shape index (κ1) is 24.8. The average molecular weight is 488 g/mol. The Morgan fingerprint density at radius 2 is 1.61 bits per heavy atom. The molecule has 0 saturated carbocycles. The van der Waals surface area contributed by atoms with Crippen molar-refractivity contribution in [1.29, 1.82) is 0 Å². The molecule has 0 N–H and O–H groups in total. The third kappa shape index (κ3) is 4.49. The van der Waals surface area contributed by atoms with Crippen LogP contribution in [0.2, 0.25) is 0 Å². The van der Waals surface area contributed by atoms with E-state index < -0.39 is 6.04 Å². The minimum Gasteiger partial charge on any atom is -0.497 e. The van der Waals surface area contributed by atoms with E-state index in [1.807, 2.05) is 38.1 Å². The van der Waals surface area contributed by atoms with Crippen LogP contribution < -0.4 is 19.8 Å². The van der Waals surface area contributed by atoms with Crippen molar-refractivity contribution in [3.63, 3.8) is 0 Å². The van der Waals surface area contributed by atoms with E-state index in [1.165, 1.54) is 18.8 Å². The van der Waals surface area contributed by atoms with Gasteiger partial charge in [-0.05, 0) is 55.8 Å². The van der Waals surface area contributed by atoms with Gasteiger partial charge in [-0.25, -0.2) is 4.98 Å². The third-order valence-electron chi connectivity index (χ3n) is 6.25. The summed E-state index contributed by atoms with van der Waals surface area (Å²) in [5.41, 5.74) is 2.22. The molecule has 0 radical (unpaired) electrons. The Bertz CT molecular complexity index is 1470. The lowest BCUT2D eigenvalue weighted by Crippen LogP contribution is -2.35. The number of hydrogen-bond acceptors (Lipinski definition) is 6. The summed E-state index contributed by atoms with van der Waals surface area (Å²) < 4.78 is 17.8. The molecule has 8 nitrogen and oxygen atoms in total. The van der Waals surface area contributed by atoms with Gasteiger partial charge in [0.05, 0.1) is 44.0 Å². The fraction of sp³-hybridized carbons (Fsp3) is 0.250. The highest BCUT2D eigenvalue weighted by molar-refractivity contribution is 5.95. The molecule has 1 amide bonds. The number of aromatic nitrogens is 2. The lowest BCUT2D eigenvalue weighted by Gasteiger charge is -2.28. The zero-order valence-electron chi connectivity index (χ0n) is 21.2. The molecule has 0 aliphatic rings. The van der Waals surface area contributed by atoms with Crippen LogP contribution in [0, 0.1) is 6.92 Å². The number of para-hydroxylation sites is 1. The van der Waals surface area contributed by atoms with Crippen molar-refractivity contribution in [2.75, 3.05) is 28.4 Å². The predicted molar refractivity (Wildman–Crippen MR) is 139 cm³/mol. The smallest absolute Gasteiger partial charge is 0.266 e. The average Bonchev–Trinajstić information content (AvgIpc) is 2.91. The molecule has 4 aromatic rings. The summed E-state index contributed by atoms with van der Waals surface area (Å²) in [6, 6.07) is 17.2. The molecule has 4 rings (SSSR count). The van der Waals surface area contributed by atoms with E-state index in [1.54, 1.807) is 55.5 Å². The maximum absolute atomic E-state index is 13.8. The lowest BCUT2D eigenvalue weighted by molar-refractivity contribution is 0.0734. The van der Waals surface area contributed by atoms with Gasteiger partial charge in [-0.2, -0.15) is 0 Å². The fourth-order valence-corrected chi connectivity index (χ4v) is 4.12. The van der Waals surface area contributed by atoms with Crippen molar-refractivity contribution in [3.8, 4) is 22.9 Å². The van der Waals surface area contributed by atoms with Crippen LogP contribution in [0.15, 0.2) is 65.5 Å². The van der Waals surface area contributed by atoms with Crippen LogP contribution in [0.4, 0.5) is 0 Å². The molecular formula is C28H29N3O5. The number of hydrogen-bond donors (Lipinski definition) is 0. The van der Waals surface area contributed by atoms with E-state index in [2.05, 4.69) is 0 Å². The molecule has 0 aliphatic carbocycles. The first-order chi connectivity index (χ1) is 17.3. The zero-order chi connectivity index (χ0) is 26.0. The van der Waals surface area contributed by atoms with Crippen molar-refractivity contribution in [3.05, 3.63) is 88.0 Å². The van der Waals surface area contributed by atoms with Crippen LogP contribution in [-0.2, 0) is 0 Å². The van der Waals surface area contributed by atoms with E-state index in [0.717, 1.165) is 5.56 Å². The summed E-state index contributed by atoms with van der Waals surface area (Å²) in [4.78, 5) is 33.7. The highest BCUT2D eigenvalue weighted by Crippen LogP contribution is 2.30. The van der Waals surface area contributed by atoms with Crippen LogP contribution in [0.3, 0.4) is 0 Å². The Morgan fingerprint density at radius 3 is 2.25 bits per heavy atom. The number of rotatable bonds is 7. The highest BCUT2D eigenvalue weighted by Gasteiger charge is 2.26. The summed E-state index contributed by atoms with van der Waals surface area (Å²) in [5.74, 6) is 1.67. The van der Waals surface area contributed by atoms with Gasteiger partial charge in [0, 0.05) is 18.7 Å². The Hall–Kier alpha value is -4.33. The van der Waals surface area contributed by atoms with Crippen LogP contribution in [0.5, 0.6) is 17.2 Å². The van der Waals surface area contributed by atoms with Gasteiger partial charge in [0.15, 0.2) is 0 Å². The van der Waals surface area contributed by atoms with Crippen molar-refractivity contribution >= 4 is 16.8 Å². The summed E-state index contributed by atoms with van der Waals surface area (Å²) >= 11 is 0. The maximum atomic E-state index is 13.8. The van der Waals surface area contributed by atoms with Crippen LogP contribution in [0.1, 0.15) is 34.7 Å². The molecule has 1 heterocycles. The monoisotopic (exact) mass is 487 g/mol. The second kappa shape index (κ2) is 10.1. The largest absolute Gasteiger partial charge is 0.497 e. The molecule has 1 atom stereocenters. The maximum Gasteiger partial charge on any atom is 0.266 e. The van der Waals surface area contributed by atoms with Gasteiger partial charge in [-0.15, -0.1) is 0 Å². The van der Waals surface area contributed by atoms with Crippen molar-refractivity contribution < 1.29 is 19.0 Å². The Labute approximate surface area is 209 Å². The normalized spacial score (nSPS) is 11.7. The van der Waals surface area contributed by atoms with Gasteiger partial charge < -0.3 is 19.1 Å². The molecule has 8 heteroatoms. The van der Waals surface area contributed by atoms with Gasteiger partial charge >= 0.3 is 0 Å². The van der Waals surface area contributed by atoms with E-state index in [0.29, 0.717) is 45.2 Å². The Balaban J connectivity index is 1.90. The Morgan fingerprint density at radius 1 is 0.944 bits per heavy atom. The molecule has 0 fully saturated rings. The van der Waals surface area contributed by atoms with Gasteiger partial charge in [0.25, 0.3) is 11.5 Å². The summed E-state index contributed by atoms with van der Waals surface area (Å²) in [5, 5.41) is 0.475. The van der Waals surface area contributed by atoms with Crippen LogP contribution >= 0.6 is 0 Å². The van der Waals surface area contributed by atoms with E-state index in [9.17, 15) is 9.59 Å². The second-order valence-corrected chi connectivity index (χ2v) is 8.50. The number of fused-ring (bicyclic) bond motifs is 1. The number of methoxy groups -OCH3 is 3. The first-order valence-corrected chi connectivity index (χ1v) is 11.5. The molecular weight excluding hydrogens is 458 g/mol. The first-order valence-electron chi connectivity index (χ1n) is 11.5.